The van der Waals surface area contributed by atoms with Crippen LogP contribution in [0.3, 0.4) is 0 Å². The third kappa shape index (κ3) is 2.54. The normalized spacial score (nSPS) is 29.4. The van der Waals surface area contributed by atoms with Crippen molar-refractivity contribution in [3.8, 4) is 11.1 Å². The van der Waals surface area contributed by atoms with Gasteiger partial charge < -0.3 is 9.47 Å². The van der Waals surface area contributed by atoms with Crippen molar-refractivity contribution in [3.63, 3.8) is 0 Å². The van der Waals surface area contributed by atoms with Gasteiger partial charge in [-0.15, -0.1) is 0 Å². The maximum Gasteiger partial charge on any atom is 0.312 e. The Morgan fingerprint density at radius 2 is 1.63 bits per heavy atom. The van der Waals surface area contributed by atoms with Gasteiger partial charge in [-0.05, 0) is 48.6 Å². The number of fused-ring (bicyclic) bond motifs is 5. The quantitative estimate of drug-likeness (QED) is 0.778. The van der Waals surface area contributed by atoms with Gasteiger partial charge in [0, 0.05) is 12.1 Å². The summed E-state index contributed by atoms with van der Waals surface area (Å²) in [5.74, 6) is -0.365. The summed E-state index contributed by atoms with van der Waals surface area (Å²) in [6, 6.07) is 17.6. The maximum atomic E-state index is 12.6. The van der Waals surface area contributed by atoms with Gasteiger partial charge >= 0.3 is 5.97 Å². The molecule has 2 bridgehead atoms. The standard InChI is InChI=1S/C23H25NO3/c1-24-14-11-12-19(24)21(23(25)26-2)20(13-14)27-22-17-9-5-3-7-15(17)16-8-4-6-10-18(16)22/h3-10,14,19-22H,11-13H2,1-2H3/t14-,19+,20+,21+/m1/s1. The molecule has 0 spiro atoms. The zero-order valence-electron chi connectivity index (χ0n) is 15.8. The first-order chi connectivity index (χ1) is 13.2. The molecular weight excluding hydrogens is 338 g/mol. The monoisotopic (exact) mass is 363 g/mol. The highest BCUT2D eigenvalue weighted by molar-refractivity contribution is 5.78. The van der Waals surface area contributed by atoms with Crippen LogP contribution in [-0.2, 0) is 14.3 Å². The fourth-order valence-electron chi connectivity index (χ4n) is 5.44. The predicted octanol–water partition coefficient (Wildman–Crippen LogP) is 3.80. The first kappa shape index (κ1) is 17.0. The molecular formula is C23H25NO3. The minimum absolute atomic E-state index is 0.114. The summed E-state index contributed by atoms with van der Waals surface area (Å²) in [7, 11) is 3.62. The van der Waals surface area contributed by atoms with Crippen LogP contribution in [0.2, 0.25) is 0 Å². The van der Waals surface area contributed by atoms with Crippen LogP contribution in [0, 0.1) is 5.92 Å². The van der Waals surface area contributed by atoms with E-state index in [0.29, 0.717) is 6.04 Å². The summed E-state index contributed by atoms with van der Waals surface area (Å²) >= 11 is 0. The molecule has 2 aromatic rings. The SMILES string of the molecule is COC(=O)[C@@H]1[C@@H](OC2c3ccccc3-c3ccccc32)C[C@H]2CC[C@@H]1N2C. The van der Waals surface area contributed by atoms with Gasteiger partial charge in [-0.2, -0.15) is 0 Å². The molecule has 0 unspecified atom stereocenters. The minimum atomic E-state index is -0.223. The average molecular weight is 363 g/mol. The van der Waals surface area contributed by atoms with Crippen molar-refractivity contribution in [1.29, 1.82) is 0 Å². The summed E-state index contributed by atoms with van der Waals surface area (Å²) < 4.78 is 11.9. The van der Waals surface area contributed by atoms with Crippen LogP contribution >= 0.6 is 0 Å². The fourth-order valence-corrected chi connectivity index (χ4v) is 5.44. The zero-order valence-corrected chi connectivity index (χ0v) is 15.8. The van der Waals surface area contributed by atoms with Gasteiger partial charge in [0.25, 0.3) is 0 Å². The molecule has 4 nitrogen and oxygen atoms in total. The number of hydrogen-bond acceptors (Lipinski definition) is 4. The first-order valence-corrected chi connectivity index (χ1v) is 9.82. The van der Waals surface area contributed by atoms with E-state index < -0.39 is 0 Å². The molecule has 3 aliphatic rings. The number of ether oxygens (including phenoxy) is 2. The summed E-state index contributed by atoms with van der Waals surface area (Å²) in [6.07, 6.45) is 2.83. The number of rotatable bonds is 3. The topological polar surface area (TPSA) is 38.8 Å². The highest BCUT2D eigenvalue weighted by Gasteiger charge is 2.51. The lowest BCUT2D eigenvalue weighted by atomic mass is 9.87. The molecule has 2 saturated heterocycles. The molecule has 140 valence electrons. The minimum Gasteiger partial charge on any atom is -0.469 e. The van der Waals surface area contributed by atoms with E-state index in [2.05, 4.69) is 60.5 Å². The van der Waals surface area contributed by atoms with E-state index in [1.54, 1.807) is 0 Å². The number of methoxy groups -OCH3 is 1. The largest absolute Gasteiger partial charge is 0.469 e. The Bertz CT molecular complexity index is 834. The molecule has 0 saturated carbocycles. The van der Waals surface area contributed by atoms with Crippen molar-refractivity contribution >= 4 is 5.97 Å². The Morgan fingerprint density at radius 1 is 1.00 bits per heavy atom. The summed E-state index contributed by atoms with van der Waals surface area (Å²) in [4.78, 5) is 15.0. The number of hydrogen-bond donors (Lipinski definition) is 0. The molecule has 0 N–H and O–H groups in total. The first-order valence-electron chi connectivity index (χ1n) is 9.82. The van der Waals surface area contributed by atoms with E-state index >= 15 is 0 Å². The molecule has 0 aromatic heterocycles. The zero-order chi connectivity index (χ0) is 18.5. The van der Waals surface area contributed by atoms with Gasteiger partial charge in [-0.3, -0.25) is 9.69 Å². The Hall–Kier alpha value is -2.17. The van der Waals surface area contributed by atoms with Gasteiger partial charge in [-0.25, -0.2) is 0 Å². The Balaban J connectivity index is 1.52. The number of carbonyl (C=O) groups is 1. The number of benzene rings is 2. The van der Waals surface area contributed by atoms with E-state index in [1.807, 2.05) is 0 Å². The number of esters is 1. The third-order valence-electron chi connectivity index (χ3n) is 6.78. The van der Waals surface area contributed by atoms with Gasteiger partial charge in [0.2, 0.25) is 0 Å². The molecule has 2 aromatic carbocycles. The smallest absolute Gasteiger partial charge is 0.312 e. The van der Waals surface area contributed by atoms with Crippen LogP contribution in [0.25, 0.3) is 11.1 Å². The molecule has 1 aliphatic carbocycles. The van der Waals surface area contributed by atoms with Crippen LogP contribution < -0.4 is 0 Å². The van der Waals surface area contributed by atoms with Crippen molar-refractivity contribution in [2.45, 2.75) is 43.6 Å². The van der Waals surface area contributed by atoms with Crippen molar-refractivity contribution in [3.05, 3.63) is 59.7 Å². The lowest BCUT2D eigenvalue weighted by Crippen LogP contribution is -2.53. The fraction of sp³-hybridized carbons (Fsp3) is 0.435. The number of carbonyl (C=O) groups excluding carboxylic acids is 1. The van der Waals surface area contributed by atoms with Crippen LogP contribution in [0.15, 0.2) is 48.5 Å². The highest BCUT2D eigenvalue weighted by atomic mass is 16.5. The van der Waals surface area contributed by atoms with E-state index in [0.717, 1.165) is 19.3 Å². The molecule has 5 rings (SSSR count). The molecule has 4 heteroatoms. The third-order valence-corrected chi connectivity index (χ3v) is 6.78. The van der Waals surface area contributed by atoms with Gasteiger partial charge in [0.1, 0.15) is 6.10 Å². The van der Waals surface area contributed by atoms with Gasteiger partial charge in [0.05, 0.1) is 19.1 Å². The average Bonchev–Trinajstić information content (AvgIpc) is 3.13. The molecule has 2 heterocycles. The van der Waals surface area contributed by atoms with E-state index in [1.165, 1.54) is 29.4 Å². The van der Waals surface area contributed by atoms with Crippen molar-refractivity contribution < 1.29 is 14.3 Å². The van der Waals surface area contributed by atoms with Crippen LogP contribution in [-0.4, -0.2) is 43.2 Å². The second-order valence-electron chi connectivity index (χ2n) is 7.98. The Labute approximate surface area is 160 Å². The summed E-state index contributed by atoms with van der Waals surface area (Å²) in [6.45, 7) is 0. The molecule has 2 fully saturated rings. The Kier molecular flexibility index (Phi) is 4.06. The van der Waals surface area contributed by atoms with Crippen LogP contribution in [0.1, 0.15) is 36.5 Å². The van der Waals surface area contributed by atoms with Gasteiger partial charge in [0.15, 0.2) is 0 Å². The lowest BCUT2D eigenvalue weighted by Gasteiger charge is -2.42. The summed E-state index contributed by atoms with van der Waals surface area (Å²) in [5.41, 5.74) is 4.88. The highest BCUT2D eigenvalue weighted by Crippen LogP contribution is 2.48. The predicted molar refractivity (Wildman–Crippen MR) is 103 cm³/mol. The lowest BCUT2D eigenvalue weighted by molar-refractivity contribution is -0.161. The number of piperidine rings is 1. The van der Waals surface area contributed by atoms with Gasteiger partial charge in [-0.1, -0.05) is 48.5 Å². The second kappa shape index (κ2) is 6.47. The Morgan fingerprint density at radius 3 is 2.26 bits per heavy atom. The number of nitrogens with zero attached hydrogens (tertiary/aromatic N) is 1. The molecule has 0 radical (unpaired) electrons. The maximum absolute atomic E-state index is 12.6. The molecule has 27 heavy (non-hydrogen) atoms. The van der Waals surface area contributed by atoms with Crippen molar-refractivity contribution in [1.82, 2.24) is 4.90 Å². The van der Waals surface area contributed by atoms with E-state index in [-0.39, 0.29) is 30.1 Å². The van der Waals surface area contributed by atoms with Crippen LogP contribution in [0.5, 0.6) is 0 Å². The summed E-state index contributed by atoms with van der Waals surface area (Å²) in [5, 5.41) is 0. The second-order valence-corrected chi connectivity index (χ2v) is 7.98. The van der Waals surface area contributed by atoms with Crippen molar-refractivity contribution in [2.75, 3.05) is 14.2 Å². The molecule has 2 aliphatic heterocycles. The molecule has 0 amide bonds. The van der Waals surface area contributed by atoms with Crippen LogP contribution in [0.4, 0.5) is 0 Å². The van der Waals surface area contributed by atoms with E-state index in [4.69, 9.17) is 9.47 Å². The molecule has 4 atom stereocenters. The van der Waals surface area contributed by atoms with Crippen molar-refractivity contribution in [2.24, 2.45) is 5.92 Å². The van der Waals surface area contributed by atoms with E-state index in [9.17, 15) is 4.79 Å².